The fourth-order valence-electron chi connectivity index (χ4n) is 4.92. The molecule has 2 fully saturated rings. The summed E-state index contributed by atoms with van der Waals surface area (Å²) in [6, 6.07) is 13.7. The van der Waals surface area contributed by atoms with Crippen molar-refractivity contribution in [3.8, 4) is 5.75 Å². The largest absolute Gasteiger partial charge is 0.496 e. The zero-order chi connectivity index (χ0) is 21.3. The molecule has 4 rings (SSSR count). The van der Waals surface area contributed by atoms with E-state index in [1.54, 1.807) is 19.2 Å². The second-order valence-electron chi connectivity index (χ2n) is 8.44. The molecule has 2 aromatic carbocycles. The minimum Gasteiger partial charge on any atom is -0.496 e. The van der Waals surface area contributed by atoms with E-state index < -0.39 is 0 Å². The number of benzene rings is 2. The Bertz CT molecular complexity index is 901. The lowest BCUT2D eigenvalue weighted by atomic mass is 9.96. The average molecular weight is 472 g/mol. The van der Waals surface area contributed by atoms with Gasteiger partial charge in [0.25, 0.3) is 5.91 Å². The smallest absolute Gasteiger partial charge is 0.255 e. The van der Waals surface area contributed by atoms with E-state index in [9.17, 15) is 4.79 Å². The van der Waals surface area contributed by atoms with Crippen LogP contribution in [0.2, 0.25) is 0 Å². The molecule has 0 radical (unpaired) electrons. The Hall–Kier alpha value is -2.05. The predicted molar refractivity (Wildman–Crippen MR) is 124 cm³/mol. The van der Waals surface area contributed by atoms with Crippen LogP contribution in [0.25, 0.3) is 0 Å². The molecule has 2 saturated heterocycles. The summed E-state index contributed by atoms with van der Waals surface area (Å²) in [6.45, 7) is 3.19. The molecule has 1 amide bonds. The van der Waals surface area contributed by atoms with Gasteiger partial charge in [0.05, 0.1) is 12.7 Å². The van der Waals surface area contributed by atoms with Crippen molar-refractivity contribution < 1.29 is 9.53 Å². The van der Waals surface area contributed by atoms with E-state index in [-0.39, 0.29) is 11.9 Å². The molecule has 160 valence electrons. The number of methoxy groups -OCH3 is 1. The van der Waals surface area contributed by atoms with Crippen molar-refractivity contribution in [1.82, 2.24) is 10.2 Å². The summed E-state index contributed by atoms with van der Waals surface area (Å²) in [4.78, 5) is 15.6. The molecule has 30 heavy (non-hydrogen) atoms. The van der Waals surface area contributed by atoms with Gasteiger partial charge in [0, 0.05) is 40.9 Å². The number of hydrogen-bond acceptors (Lipinski definition) is 4. The van der Waals surface area contributed by atoms with E-state index >= 15 is 0 Å². The first-order valence-corrected chi connectivity index (χ1v) is 11.5. The third kappa shape index (κ3) is 4.35. The van der Waals surface area contributed by atoms with E-state index in [2.05, 4.69) is 57.3 Å². The van der Waals surface area contributed by atoms with E-state index in [1.807, 2.05) is 0 Å². The van der Waals surface area contributed by atoms with Gasteiger partial charge in [0.15, 0.2) is 0 Å². The zero-order valence-electron chi connectivity index (χ0n) is 17.7. The topological polar surface area (TPSA) is 67.6 Å². The highest BCUT2D eigenvalue weighted by molar-refractivity contribution is 9.10. The molecule has 2 atom stereocenters. The number of ether oxygens (including phenoxy) is 1. The number of nitrogens with two attached hydrogens (primary N) is 1. The summed E-state index contributed by atoms with van der Waals surface area (Å²) in [7, 11) is 1.56. The summed E-state index contributed by atoms with van der Waals surface area (Å²) in [6.07, 6.45) is 5.48. The summed E-state index contributed by atoms with van der Waals surface area (Å²) >= 11 is 3.41. The zero-order valence-corrected chi connectivity index (χ0v) is 19.2. The highest BCUT2D eigenvalue weighted by Crippen LogP contribution is 2.37. The summed E-state index contributed by atoms with van der Waals surface area (Å²) in [5.74, 6) is 0.407. The molecule has 2 unspecified atom stereocenters. The number of amides is 1. The Balaban J connectivity index is 1.41. The van der Waals surface area contributed by atoms with Gasteiger partial charge in [-0.15, -0.1) is 0 Å². The third-order valence-electron chi connectivity index (χ3n) is 6.58. The monoisotopic (exact) mass is 471 g/mol. The molecule has 0 spiro atoms. The molecule has 2 heterocycles. The lowest BCUT2D eigenvalue weighted by molar-refractivity contribution is 0.0825. The average Bonchev–Trinajstić information content (AvgIpc) is 2.97. The van der Waals surface area contributed by atoms with Crippen LogP contribution in [-0.2, 0) is 13.0 Å². The lowest BCUT2D eigenvalue weighted by Gasteiger charge is -2.39. The molecule has 5 nitrogen and oxygen atoms in total. The molecular formula is C24H30BrN3O2. The van der Waals surface area contributed by atoms with Gasteiger partial charge in [-0.1, -0.05) is 31.2 Å². The van der Waals surface area contributed by atoms with Crippen LogP contribution in [-0.4, -0.2) is 36.0 Å². The van der Waals surface area contributed by atoms with E-state index in [0.717, 1.165) is 25.8 Å². The van der Waals surface area contributed by atoms with Crippen LogP contribution in [0.5, 0.6) is 5.75 Å². The molecule has 3 N–H and O–H groups in total. The van der Waals surface area contributed by atoms with E-state index in [0.29, 0.717) is 33.6 Å². The van der Waals surface area contributed by atoms with Crippen LogP contribution in [0.4, 0.5) is 5.69 Å². The van der Waals surface area contributed by atoms with Crippen LogP contribution in [0, 0.1) is 0 Å². The van der Waals surface area contributed by atoms with Gasteiger partial charge in [-0.2, -0.15) is 0 Å². The van der Waals surface area contributed by atoms with Crippen LogP contribution in [0.3, 0.4) is 0 Å². The first kappa shape index (κ1) is 21.2. The van der Waals surface area contributed by atoms with Crippen molar-refractivity contribution in [2.75, 3.05) is 12.8 Å². The summed E-state index contributed by atoms with van der Waals surface area (Å²) in [5, 5.41) is 3.25. The maximum absolute atomic E-state index is 13.0. The number of anilines is 1. The maximum atomic E-state index is 13.0. The van der Waals surface area contributed by atoms with E-state index in [4.69, 9.17) is 10.5 Å². The molecule has 2 bridgehead atoms. The van der Waals surface area contributed by atoms with E-state index in [1.165, 1.54) is 24.0 Å². The van der Waals surface area contributed by atoms with Gasteiger partial charge in [-0.25, -0.2) is 0 Å². The van der Waals surface area contributed by atoms with Gasteiger partial charge in [-0.05, 0) is 65.2 Å². The van der Waals surface area contributed by atoms with Crippen molar-refractivity contribution in [2.45, 2.75) is 63.7 Å². The maximum Gasteiger partial charge on any atom is 0.255 e. The Morgan fingerprint density at radius 2 is 1.80 bits per heavy atom. The first-order chi connectivity index (χ1) is 14.5. The van der Waals surface area contributed by atoms with Crippen molar-refractivity contribution >= 4 is 27.5 Å². The second kappa shape index (κ2) is 8.98. The van der Waals surface area contributed by atoms with Crippen molar-refractivity contribution in [1.29, 1.82) is 0 Å². The molecule has 2 aromatic rings. The Labute approximate surface area is 187 Å². The highest BCUT2D eigenvalue weighted by Gasteiger charge is 2.41. The van der Waals surface area contributed by atoms with Gasteiger partial charge in [-0.3, -0.25) is 9.69 Å². The third-order valence-corrected chi connectivity index (χ3v) is 7.27. The number of aryl methyl sites for hydroxylation is 1. The number of carbonyl (C=O) groups is 1. The molecular weight excluding hydrogens is 442 g/mol. The summed E-state index contributed by atoms with van der Waals surface area (Å²) < 4.78 is 6.08. The molecule has 0 aromatic heterocycles. The number of hydrogen-bond donors (Lipinski definition) is 2. The van der Waals surface area contributed by atoms with Crippen molar-refractivity contribution in [3.63, 3.8) is 0 Å². The fourth-order valence-corrected chi connectivity index (χ4v) is 5.26. The quantitative estimate of drug-likeness (QED) is 0.607. The lowest BCUT2D eigenvalue weighted by Crippen LogP contribution is -2.50. The Morgan fingerprint density at radius 3 is 2.40 bits per heavy atom. The van der Waals surface area contributed by atoms with Gasteiger partial charge < -0.3 is 15.8 Å². The molecule has 6 heteroatoms. The minimum absolute atomic E-state index is 0.0967. The number of nitrogens with zero attached hydrogens (tertiary/aromatic N) is 1. The fraction of sp³-hybridized carbons (Fsp3) is 0.458. The normalized spacial score (nSPS) is 23.4. The Morgan fingerprint density at radius 1 is 1.17 bits per heavy atom. The number of piperidine rings is 1. The molecule has 2 aliphatic heterocycles. The van der Waals surface area contributed by atoms with Gasteiger partial charge in [0.2, 0.25) is 0 Å². The second-order valence-corrected chi connectivity index (χ2v) is 9.30. The predicted octanol–water partition coefficient (Wildman–Crippen LogP) is 4.53. The van der Waals surface area contributed by atoms with Gasteiger partial charge in [0.1, 0.15) is 5.75 Å². The highest BCUT2D eigenvalue weighted by atomic mass is 79.9. The molecule has 0 saturated carbocycles. The van der Waals surface area contributed by atoms with Crippen LogP contribution in [0.15, 0.2) is 40.9 Å². The minimum atomic E-state index is -0.0967. The number of nitrogen functional groups attached to an aromatic ring is 1. The first-order valence-electron chi connectivity index (χ1n) is 10.8. The number of nitrogens with one attached hydrogen (secondary N) is 1. The summed E-state index contributed by atoms with van der Waals surface area (Å²) in [5.41, 5.74) is 9.76. The standard InChI is InChI=1S/C24H30BrN3O2/c1-3-15-4-6-16(7-5-15)14-28-18-8-9-19(28)11-17(10-18)27-24(29)20-12-21(25)22(26)13-23(20)30-2/h4-7,12-13,17-19H,3,8-11,14,26H2,1-2H3,(H,27,29). The number of carbonyl (C=O) groups excluding carboxylic acids is 1. The molecule has 2 aliphatic rings. The number of rotatable bonds is 6. The van der Waals surface area contributed by atoms with Crippen LogP contribution < -0.4 is 15.8 Å². The van der Waals surface area contributed by atoms with Crippen LogP contribution >= 0.6 is 15.9 Å². The number of fused-ring (bicyclic) bond motifs is 2. The van der Waals surface area contributed by atoms with Crippen molar-refractivity contribution in [2.24, 2.45) is 0 Å². The van der Waals surface area contributed by atoms with Gasteiger partial charge >= 0.3 is 0 Å². The molecule has 0 aliphatic carbocycles. The SMILES string of the molecule is CCc1ccc(CN2C3CCC2CC(NC(=O)c2cc(Br)c(N)cc2OC)C3)cc1. The van der Waals surface area contributed by atoms with Crippen LogP contribution in [0.1, 0.15) is 54.1 Å². The Kier molecular flexibility index (Phi) is 6.34. The number of halogens is 1. The van der Waals surface area contributed by atoms with Crippen molar-refractivity contribution in [3.05, 3.63) is 57.6 Å².